The number of likely N-dealkylation sites (tertiary alicyclic amines) is 2. The monoisotopic (exact) mass is 902 g/mol. The van der Waals surface area contributed by atoms with Gasteiger partial charge in [0.05, 0.1) is 72.2 Å². The van der Waals surface area contributed by atoms with Gasteiger partial charge >= 0.3 is 12.2 Å². The van der Waals surface area contributed by atoms with E-state index >= 15 is 0 Å². The summed E-state index contributed by atoms with van der Waals surface area (Å²) in [7, 11) is 2.54. The molecule has 2 aliphatic carbocycles. The van der Waals surface area contributed by atoms with Gasteiger partial charge in [-0.3, -0.25) is 14.6 Å². The van der Waals surface area contributed by atoms with Crippen LogP contribution in [0.15, 0.2) is 48.8 Å². The van der Waals surface area contributed by atoms with Crippen molar-refractivity contribution < 1.29 is 38.1 Å². The zero-order valence-electron chi connectivity index (χ0n) is 37.5. The van der Waals surface area contributed by atoms with Crippen molar-refractivity contribution in [1.82, 2.24) is 50.3 Å². The predicted octanol–water partition coefficient (Wildman–Crippen LogP) is 6.22. The van der Waals surface area contributed by atoms with Crippen LogP contribution in [0.1, 0.15) is 87.9 Å². The van der Waals surface area contributed by atoms with Crippen molar-refractivity contribution in [3.63, 3.8) is 0 Å². The van der Waals surface area contributed by atoms with Gasteiger partial charge in [-0.2, -0.15) is 0 Å². The number of piperidine rings is 2. The van der Waals surface area contributed by atoms with Crippen molar-refractivity contribution in [2.45, 2.75) is 88.4 Å². The third-order valence-corrected chi connectivity index (χ3v) is 13.0. The number of methoxy groups -OCH3 is 2. The molecule has 4 N–H and O–H groups in total. The average molecular weight is 903 g/mol. The molecule has 4 saturated heterocycles. The summed E-state index contributed by atoms with van der Waals surface area (Å²) >= 11 is 0. The number of amides is 4. The van der Waals surface area contributed by atoms with Crippen molar-refractivity contribution in [2.24, 2.45) is 11.8 Å². The molecule has 6 aliphatic rings. The van der Waals surface area contributed by atoms with Crippen LogP contribution in [0.2, 0.25) is 0 Å². The van der Waals surface area contributed by atoms with E-state index in [2.05, 4.69) is 47.9 Å². The largest absolute Gasteiger partial charge is 0.453 e. The minimum atomic E-state index is -0.636. The van der Waals surface area contributed by atoms with Crippen LogP contribution in [0.5, 0.6) is 0 Å². The van der Waals surface area contributed by atoms with E-state index in [1.807, 2.05) is 46.2 Å². The van der Waals surface area contributed by atoms with Crippen LogP contribution < -0.4 is 10.6 Å². The summed E-state index contributed by atoms with van der Waals surface area (Å²) in [6, 6.07) is 11.7. The molecule has 4 aliphatic heterocycles. The summed E-state index contributed by atoms with van der Waals surface area (Å²) in [6.07, 6.45) is 21.7. The van der Waals surface area contributed by atoms with Crippen molar-refractivity contribution in [3.8, 4) is 35.4 Å². The molecule has 6 atom stereocenters. The van der Waals surface area contributed by atoms with Crippen LogP contribution in [-0.2, 0) is 28.5 Å². The Labute approximate surface area is 383 Å². The number of rotatable bonds is 8. The first-order valence-electron chi connectivity index (χ1n) is 22.8. The first kappa shape index (κ1) is 46.0. The summed E-state index contributed by atoms with van der Waals surface area (Å²) in [5.41, 5.74) is 6.37. The zero-order valence-corrected chi connectivity index (χ0v) is 37.5. The fraction of sp³-hybridized carbons (Fsp3) is 0.500. The lowest BCUT2D eigenvalue weighted by atomic mass is 10.1. The van der Waals surface area contributed by atoms with E-state index in [1.54, 1.807) is 12.4 Å². The number of hydrogen-bond donors (Lipinski definition) is 4. The number of nitrogens with zero attached hydrogens (tertiary/aromatic N) is 6. The van der Waals surface area contributed by atoms with E-state index in [1.165, 1.54) is 52.7 Å². The molecule has 0 unspecified atom stereocenters. The Balaban J connectivity index is 0.000000365. The topological polar surface area (TPSA) is 219 Å². The van der Waals surface area contributed by atoms with Crippen molar-refractivity contribution in [1.29, 1.82) is 0 Å². The first-order valence-corrected chi connectivity index (χ1v) is 22.8. The summed E-state index contributed by atoms with van der Waals surface area (Å²) < 4.78 is 19.4. The lowest BCUT2D eigenvalue weighted by Crippen LogP contribution is -2.41. The van der Waals surface area contributed by atoms with Crippen molar-refractivity contribution >= 4 is 46.1 Å². The van der Waals surface area contributed by atoms with Crippen LogP contribution >= 0.6 is 0 Å². The number of carbonyl (C=O) groups is 4. The minimum absolute atomic E-state index is 0.122. The number of fused-ring (bicyclic) bond motifs is 4. The van der Waals surface area contributed by atoms with E-state index in [0.29, 0.717) is 23.4 Å². The molecule has 66 heavy (non-hydrogen) atoms. The highest BCUT2D eigenvalue weighted by atomic mass is 16.5. The third kappa shape index (κ3) is 10.6. The Hall–Kier alpha value is -6.58. The Morgan fingerprint density at radius 2 is 1.21 bits per heavy atom. The van der Waals surface area contributed by atoms with E-state index < -0.39 is 12.2 Å². The molecule has 5 aromatic rings. The van der Waals surface area contributed by atoms with Gasteiger partial charge in [0.2, 0.25) is 11.8 Å². The average Bonchev–Trinajstić information content (AvgIpc) is 3.99. The van der Waals surface area contributed by atoms with E-state index in [9.17, 15) is 19.2 Å². The molecule has 348 valence electrons. The number of H-pyrrole nitrogens is 2. The van der Waals surface area contributed by atoms with Gasteiger partial charge in [0.15, 0.2) is 0 Å². The molecule has 4 amide bonds. The first-order chi connectivity index (χ1) is 32.3. The Morgan fingerprint density at radius 1 is 0.652 bits per heavy atom. The lowest BCUT2D eigenvalue weighted by Gasteiger charge is -2.26. The molecular formula is C48H58N10O8. The number of imidazole rings is 2. The molecule has 11 rings (SSSR count). The van der Waals surface area contributed by atoms with E-state index in [-0.39, 0.29) is 49.1 Å². The molecule has 7 heterocycles. The second-order valence-corrected chi connectivity index (χ2v) is 17.3. The maximum absolute atomic E-state index is 13.1. The number of alkyl carbamates (subject to hydrolysis) is 2. The molecule has 0 radical (unpaired) electrons. The molecule has 0 bridgehead atoms. The summed E-state index contributed by atoms with van der Waals surface area (Å²) in [5, 5.41) is 4.99. The summed E-state index contributed by atoms with van der Waals surface area (Å²) in [5.74, 6) is 2.03. The summed E-state index contributed by atoms with van der Waals surface area (Å²) in [4.78, 5) is 78.9. The van der Waals surface area contributed by atoms with E-state index in [4.69, 9.17) is 24.4 Å². The van der Waals surface area contributed by atoms with Crippen LogP contribution in [0.3, 0.4) is 0 Å². The lowest BCUT2D eigenvalue weighted by molar-refractivity contribution is -0.133. The predicted molar refractivity (Wildman–Crippen MR) is 244 cm³/mol. The Morgan fingerprint density at radius 3 is 1.76 bits per heavy atom. The molecule has 18 heteroatoms. The van der Waals surface area contributed by atoms with Gasteiger partial charge < -0.3 is 49.3 Å². The van der Waals surface area contributed by atoms with Crippen LogP contribution in [-0.4, -0.2) is 130 Å². The van der Waals surface area contributed by atoms with Gasteiger partial charge in [-0.25, -0.2) is 24.5 Å². The maximum Gasteiger partial charge on any atom is 0.407 e. The second kappa shape index (κ2) is 21.2. The van der Waals surface area contributed by atoms with Gasteiger partial charge in [0, 0.05) is 49.6 Å². The standard InChI is InChI=1S/C36H36N10O6.2C5H10O.C2H2/c1-51-35(49)39-15-31(47)45-27-9-19(27)11-29(45)33-38-14-26(44-33)17-3-5-21-23(7-17)37-13-25(41-21)18-4-6-22-24(8-18)43-34(42-22)30-12-20-10-28(20)46(30)32(48)16-40-36(50)52-2;2*1-2-4-6-5-3-1;1-2/h3-8,13-14,19-20,27-30H,9-12,15-16H2,1-2H3,(H,38,44)(H,39,49)(H,40,50)(H,42,43);2*1-5H2;1-2H/t19-,20-,27-,28-,29+,30+;;;/m1.../s1. The summed E-state index contributed by atoms with van der Waals surface area (Å²) in [6.45, 7) is 3.76. The quantitative estimate of drug-likeness (QED) is 0.128. The Bertz CT molecular complexity index is 2500. The second-order valence-electron chi connectivity index (χ2n) is 17.3. The van der Waals surface area contributed by atoms with Gasteiger partial charge in [0.25, 0.3) is 0 Å². The zero-order chi connectivity index (χ0) is 46.2. The molecular weight excluding hydrogens is 845 g/mol. The van der Waals surface area contributed by atoms with Crippen LogP contribution in [0.25, 0.3) is 44.6 Å². The number of terminal acetylenes is 1. The molecule has 0 spiro atoms. The van der Waals surface area contributed by atoms with E-state index in [0.717, 1.165) is 96.8 Å². The number of aromatic amines is 2. The molecule has 6 fully saturated rings. The molecule has 3 aromatic heterocycles. The van der Waals surface area contributed by atoms with Crippen LogP contribution in [0, 0.1) is 24.7 Å². The van der Waals surface area contributed by atoms with Gasteiger partial charge in [-0.05, 0) is 100 Å². The fourth-order valence-electron chi connectivity index (χ4n) is 9.43. The highest BCUT2D eigenvalue weighted by Crippen LogP contribution is 2.54. The number of hydrogen-bond acceptors (Lipinski definition) is 12. The number of nitrogens with one attached hydrogen (secondary N) is 4. The maximum atomic E-state index is 13.1. The Kier molecular flexibility index (Phi) is 14.7. The molecule has 18 nitrogen and oxygen atoms in total. The van der Waals surface area contributed by atoms with Crippen molar-refractivity contribution in [2.75, 3.05) is 53.7 Å². The van der Waals surface area contributed by atoms with Crippen molar-refractivity contribution in [3.05, 3.63) is 60.4 Å². The number of aromatic nitrogens is 6. The number of benzene rings is 2. The highest BCUT2D eigenvalue weighted by molar-refractivity contribution is 5.86. The third-order valence-electron chi connectivity index (χ3n) is 13.0. The minimum Gasteiger partial charge on any atom is -0.453 e. The molecule has 2 aromatic carbocycles. The normalized spacial score (nSPS) is 23.3. The SMILES string of the molecule is C#C.C1CCOCC1.C1CCOCC1.COC(=O)NCC(=O)N1[C@@H]2C[C@@H]2C[C@H]1c1ncc(-c2ccc3nc(-c4ccc5nc([C@@H]6C[C@H]7C[C@H]7N6C(=O)CNC(=O)OC)[nH]c5c4)cnc3c2)[nH]1. The van der Waals surface area contributed by atoms with Gasteiger partial charge in [-0.1, -0.05) is 12.1 Å². The molecule has 2 saturated carbocycles. The number of ether oxygens (including phenoxy) is 4. The van der Waals surface area contributed by atoms with Gasteiger partial charge in [0.1, 0.15) is 24.7 Å². The fourth-order valence-corrected chi connectivity index (χ4v) is 9.43. The van der Waals surface area contributed by atoms with Crippen LogP contribution in [0.4, 0.5) is 9.59 Å². The number of carbonyl (C=O) groups excluding carboxylic acids is 4. The highest BCUT2D eigenvalue weighted by Gasteiger charge is 2.56. The smallest absolute Gasteiger partial charge is 0.407 e. The van der Waals surface area contributed by atoms with Gasteiger partial charge in [-0.15, -0.1) is 12.8 Å².